The molecule has 0 saturated carbocycles. The van der Waals surface area contributed by atoms with Crippen LogP contribution in [0.5, 0.6) is 0 Å². The number of amides is 1. The standard InChI is InChI=1S/C15H13N3OS2/c1-9-4-6-10(7-5-9)13(19)18-14-12(17-15(16)21-14)11-3-2-8-20-11/h2-8H,1H3,(H2,16,17)(H,18,19). The summed E-state index contributed by atoms with van der Waals surface area (Å²) in [5.74, 6) is -0.156. The largest absolute Gasteiger partial charge is 0.375 e. The van der Waals surface area contributed by atoms with Crippen LogP contribution in [0, 0.1) is 6.92 Å². The van der Waals surface area contributed by atoms with Gasteiger partial charge in [-0.1, -0.05) is 35.1 Å². The van der Waals surface area contributed by atoms with E-state index in [2.05, 4.69) is 10.3 Å². The maximum Gasteiger partial charge on any atom is 0.256 e. The maximum atomic E-state index is 12.3. The molecule has 3 aromatic rings. The minimum absolute atomic E-state index is 0.156. The lowest BCUT2D eigenvalue weighted by atomic mass is 10.1. The molecule has 0 aliphatic carbocycles. The van der Waals surface area contributed by atoms with Crippen molar-refractivity contribution in [1.29, 1.82) is 0 Å². The van der Waals surface area contributed by atoms with E-state index in [0.717, 1.165) is 16.1 Å². The van der Waals surface area contributed by atoms with Gasteiger partial charge in [-0.25, -0.2) is 4.98 Å². The zero-order valence-electron chi connectivity index (χ0n) is 11.3. The van der Waals surface area contributed by atoms with Gasteiger partial charge in [-0.05, 0) is 30.5 Å². The molecule has 2 heterocycles. The minimum atomic E-state index is -0.156. The lowest BCUT2D eigenvalue weighted by Crippen LogP contribution is -2.11. The Kier molecular flexibility index (Phi) is 3.72. The van der Waals surface area contributed by atoms with Crippen molar-refractivity contribution < 1.29 is 4.79 Å². The zero-order chi connectivity index (χ0) is 14.8. The van der Waals surface area contributed by atoms with E-state index < -0.39 is 0 Å². The highest BCUT2D eigenvalue weighted by atomic mass is 32.1. The van der Waals surface area contributed by atoms with E-state index in [-0.39, 0.29) is 5.91 Å². The SMILES string of the molecule is Cc1ccc(C(=O)Nc2sc(N)nc2-c2cccs2)cc1. The van der Waals surface area contributed by atoms with Crippen LogP contribution in [0.25, 0.3) is 10.6 Å². The smallest absolute Gasteiger partial charge is 0.256 e. The van der Waals surface area contributed by atoms with E-state index in [0.29, 0.717) is 15.7 Å². The van der Waals surface area contributed by atoms with Crippen LogP contribution in [-0.2, 0) is 0 Å². The molecule has 106 valence electrons. The number of hydrogen-bond donors (Lipinski definition) is 2. The number of nitrogen functional groups attached to an aromatic ring is 1. The molecule has 0 unspecified atom stereocenters. The van der Waals surface area contributed by atoms with Gasteiger partial charge in [0, 0.05) is 5.56 Å². The van der Waals surface area contributed by atoms with Gasteiger partial charge in [0.15, 0.2) is 5.13 Å². The first-order valence-corrected chi connectivity index (χ1v) is 8.01. The first kappa shape index (κ1) is 13.8. The highest BCUT2D eigenvalue weighted by Crippen LogP contribution is 2.36. The Morgan fingerprint density at radius 1 is 1.24 bits per heavy atom. The van der Waals surface area contributed by atoms with Crippen molar-refractivity contribution in [1.82, 2.24) is 4.98 Å². The summed E-state index contributed by atoms with van der Waals surface area (Å²) in [6.45, 7) is 1.99. The van der Waals surface area contributed by atoms with Gasteiger partial charge >= 0.3 is 0 Å². The summed E-state index contributed by atoms with van der Waals surface area (Å²) in [6.07, 6.45) is 0. The predicted molar refractivity (Wildman–Crippen MR) is 89.0 cm³/mol. The van der Waals surface area contributed by atoms with Crippen molar-refractivity contribution in [2.75, 3.05) is 11.1 Å². The topological polar surface area (TPSA) is 68.0 Å². The molecule has 0 fully saturated rings. The van der Waals surface area contributed by atoms with Gasteiger partial charge in [0.2, 0.25) is 0 Å². The Labute approximate surface area is 130 Å². The van der Waals surface area contributed by atoms with Crippen molar-refractivity contribution in [3.63, 3.8) is 0 Å². The van der Waals surface area contributed by atoms with Gasteiger partial charge in [0.1, 0.15) is 10.7 Å². The van der Waals surface area contributed by atoms with E-state index in [9.17, 15) is 4.79 Å². The van der Waals surface area contributed by atoms with E-state index in [1.165, 1.54) is 11.3 Å². The fourth-order valence-corrected chi connectivity index (χ4v) is 3.41. The van der Waals surface area contributed by atoms with Crippen LogP contribution in [0.15, 0.2) is 41.8 Å². The van der Waals surface area contributed by atoms with Crippen molar-refractivity contribution in [3.05, 3.63) is 52.9 Å². The molecule has 1 amide bonds. The molecule has 0 bridgehead atoms. The molecule has 0 spiro atoms. The Bertz CT molecular complexity index is 761. The first-order chi connectivity index (χ1) is 10.1. The quantitative estimate of drug-likeness (QED) is 0.767. The van der Waals surface area contributed by atoms with Crippen molar-refractivity contribution in [3.8, 4) is 10.6 Å². The predicted octanol–water partition coefficient (Wildman–Crippen LogP) is 4.01. The Balaban J connectivity index is 1.88. The molecular formula is C15H13N3OS2. The summed E-state index contributed by atoms with van der Waals surface area (Å²) in [5, 5.41) is 5.99. The van der Waals surface area contributed by atoms with Gasteiger partial charge in [0.25, 0.3) is 5.91 Å². The van der Waals surface area contributed by atoms with E-state index >= 15 is 0 Å². The summed E-state index contributed by atoms with van der Waals surface area (Å²) in [4.78, 5) is 17.6. The average molecular weight is 315 g/mol. The van der Waals surface area contributed by atoms with Crippen LogP contribution in [0.3, 0.4) is 0 Å². The fraction of sp³-hybridized carbons (Fsp3) is 0.0667. The molecule has 2 aromatic heterocycles. The van der Waals surface area contributed by atoms with Gasteiger partial charge in [-0.3, -0.25) is 4.79 Å². The summed E-state index contributed by atoms with van der Waals surface area (Å²) in [5.41, 5.74) is 8.24. The highest BCUT2D eigenvalue weighted by molar-refractivity contribution is 7.21. The van der Waals surface area contributed by atoms with Crippen LogP contribution in [-0.4, -0.2) is 10.9 Å². The summed E-state index contributed by atoms with van der Waals surface area (Å²) < 4.78 is 0. The monoisotopic (exact) mass is 315 g/mol. The summed E-state index contributed by atoms with van der Waals surface area (Å²) in [6, 6.07) is 11.3. The van der Waals surface area contributed by atoms with Crippen molar-refractivity contribution in [2.45, 2.75) is 6.92 Å². The number of nitrogens with two attached hydrogens (primary N) is 1. The van der Waals surface area contributed by atoms with E-state index in [4.69, 9.17) is 5.73 Å². The molecule has 0 atom stereocenters. The Hall–Kier alpha value is -2.18. The molecule has 0 aliphatic rings. The number of aryl methyl sites for hydroxylation is 1. The Morgan fingerprint density at radius 2 is 2.00 bits per heavy atom. The normalized spacial score (nSPS) is 10.5. The van der Waals surface area contributed by atoms with Crippen LogP contribution in [0.2, 0.25) is 0 Å². The number of thiazole rings is 1. The molecule has 6 heteroatoms. The lowest BCUT2D eigenvalue weighted by molar-refractivity contribution is 0.102. The summed E-state index contributed by atoms with van der Waals surface area (Å²) in [7, 11) is 0. The van der Waals surface area contributed by atoms with E-state index in [1.54, 1.807) is 23.5 Å². The van der Waals surface area contributed by atoms with Crippen LogP contribution in [0.4, 0.5) is 10.1 Å². The fourth-order valence-electron chi connectivity index (χ4n) is 1.88. The second-order valence-corrected chi connectivity index (χ2v) is 6.51. The summed E-state index contributed by atoms with van der Waals surface area (Å²) >= 11 is 2.85. The third-order valence-electron chi connectivity index (χ3n) is 2.94. The molecule has 0 saturated heterocycles. The number of rotatable bonds is 3. The number of hydrogen-bond acceptors (Lipinski definition) is 5. The average Bonchev–Trinajstić information content (AvgIpc) is 3.09. The van der Waals surface area contributed by atoms with Crippen molar-refractivity contribution in [2.24, 2.45) is 0 Å². The number of nitrogens with one attached hydrogen (secondary N) is 1. The van der Waals surface area contributed by atoms with Crippen LogP contribution in [0.1, 0.15) is 15.9 Å². The van der Waals surface area contributed by atoms with Gasteiger partial charge < -0.3 is 11.1 Å². The molecule has 21 heavy (non-hydrogen) atoms. The number of carbonyl (C=O) groups is 1. The molecule has 0 radical (unpaired) electrons. The lowest BCUT2D eigenvalue weighted by Gasteiger charge is -2.04. The van der Waals surface area contributed by atoms with E-state index in [1.807, 2.05) is 36.6 Å². The number of thiophene rings is 1. The third-order valence-corrected chi connectivity index (χ3v) is 4.62. The third kappa shape index (κ3) is 2.96. The second-order valence-electron chi connectivity index (χ2n) is 4.53. The minimum Gasteiger partial charge on any atom is -0.375 e. The second kappa shape index (κ2) is 5.67. The molecule has 3 rings (SSSR count). The number of nitrogens with zero attached hydrogens (tertiary/aromatic N) is 1. The highest BCUT2D eigenvalue weighted by Gasteiger charge is 2.15. The molecule has 0 aliphatic heterocycles. The van der Waals surface area contributed by atoms with Gasteiger partial charge in [0.05, 0.1) is 4.88 Å². The first-order valence-electron chi connectivity index (χ1n) is 6.31. The van der Waals surface area contributed by atoms with Gasteiger partial charge in [-0.2, -0.15) is 0 Å². The number of anilines is 2. The van der Waals surface area contributed by atoms with Crippen molar-refractivity contribution >= 4 is 38.7 Å². The van der Waals surface area contributed by atoms with Gasteiger partial charge in [-0.15, -0.1) is 11.3 Å². The van der Waals surface area contributed by atoms with Crippen LogP contribution < -0.4 is 11.1 Å². The number of benzene rings is 1. The number of carbonyl (C=O) groups excluding carboxylic acids is 1. The molecule has 1 aromatic carbocycles. The maximum absolute atomic E-state index is 12.3. The van der Waals surface area contributed by atoms with Crippen LogP contribution >= 0.6 is 22.7 Å². The Morgan fingerprint density at radius 3 is 2.67 bits per heavy atom. The molecule has 3 N–H and O–H groups in total. The molecular weight excluding hydrogens is 302 g/mol. The molecule has 4 nitrogen and oxygen atoms in total. The zero-order valence-corrected chi connectivity index (χ0v) is 12.9. The number of aromatic nitrogens is 1.